The molecule has 0 radical (unpaired) electrons. The number of rotatable bonds is 6. The molecule has 0 saturated heterocycles. The molecule has 0 fully saturated rings. The summed E-state index contributed by atoms with van der Waals surface area (Å²) >= 11 is 0. The lowest BCUT2D eigenvalue weighted by molar-refractivity contribution is 0.0783. The fourth-order valence-corrected chi connectivity index (χ4v) is 2.18. The Morgan fingerprint density at radius 1 is 1.23 bits per heavy atom. The van der Waals surface area contributed by atoms with Crippen LogP contribution in [0.1, 0.15) is 22.8 Å². The molecule has 0 saturated carbocycles. The van der Waals surface area contributed by atoms with E-state index in [-0.39, 0.29) is 5.91 Å². The summed E-state index contributed by atoms with van der Waals surface area (Å²) in [4.78, 5) is 18.6. The smallest absolute Gasteiger partial charge is 0.257 e. The number of amides is 1. The predicted molar refractivity (Wildman–Crippen MR) is 90.8 cm³/mol. The van der Waals surface area contributed by atoms with Crippen LogP contribution in [0.4, 0.5) is 5.82 Å². The molecule has 4 nitrogen and oxygen atoms in total. The van der Waals surface area contributed by atoms with E-state index in [1.165, 1.54) is 0 Å². The molecule has 114 valence electrons. The summed E-state index contributed by atoms with van der Waals surface area (Å²) in [6.45, 7) is 3.20. The minimum Gasteiger partial charge on any atom is -0.372 e. The van der Waals surface area contributed by atoms with Gasteiger partial charge in [-0.1, -0.05) is 42.5 Å². The first-order chi connectivity index (χ1) is 10.8. The summed E-state index contributed by atoms with van der Waals surface area (Å²) in [5, 5.41) is 2.96. The number of carbonyl (C=O) groups excluding carboxylic acids is 1. The molecule has 0 bridgehead atoms. The quantitative estimate of drug-likeness (QED) is 0.889. The number of likely N-dealkylation sites (N-methyl/N-ethyl adjacent to an activating group) is 1. The van der Waals surface area contributed by atoms with Gasteiger partial charge in [0.2, 0.25) is 0 Å². The molecule has 1 heterocycles. The highest BCUT2D eigenvalue weighted by Crippen LogP contribution is 2.13. The standard InChI is InChI=1S/C18H21N3O/c1-3-21(14-8-11-15-9-5-4-6-10-15)18(22)16-12-7-13-20-17(16)19-2/h4-13H,3,14H2,1-2H3,(H,19,20)/b11-8+. The zero-order chi connectivity index (χ0) is 15.8. The highest BCUT2D eigenvalue weighted by atomic mass is 16.2. The lowest BCUT2D eigenvalue weighted by Gasteiger charge is -2.20. The van der Waals surface area contributed by atoms with Crippen LogP contribution in [-0.2, 0) is 0 Å². The van der Waals surface area contributed by atoms with Gasteiger partial charge in [0.1, 0.15) is 5.82 Å². The van der Waals surface area contributed by atoms with Crippen LogP contribution in [-0.4, -0.2) is 35.9 Å². The maximum Gasteiger partial charge on any atom is 0.257 e. The summed E-state index contributed by atoms with van der Waals surface area (Å²) in [6.07, 6.45) is 5.71. The number of hydrogen-bond donors (Lipinski definition) is 1. The number of nitrogens with zero attached hydrogens (tertiary/aromatic N) is 2. The molecule has 0 unspecified atom stereocenters. The molecule has 1 aromatic carbocycles. The molecule has 0 aliphatic heterocycles. The Labute approximate surface area is 131 Å². The molecule has 4 heteroatoms. The van der Waals surface area contributed by atoms with Crippen LogP contribution in [0.3, 0.4) is 0 Å². The Bertz CT molecular complexity index is 638. The van der Waals surface area contributed by atoms with Crippen LogP contribution in [0.15, 0.2) is 54.7 Å². The molecule has 1 aromatic heterocycles. The molecule has 2 aromatic rings. The SMILES string of the molecule is CCN(C/C=C/c1ccccc1)C(=O)c1cccnc1NC. The van der Waals surface area contributed by atoms with Gasteiger partial charge >= 0.3 is 0 Å². The molecule has 0 aliphatic carbocycles. The maximum absolute atomic E-state index is 12.6. The first-order valence-electron chi connectivity index (χ1n) is 7.40. The van der Waals surface area contributed by atoms with E-state index in [0.717, 1.165) is 5.56 Å². The van der Waals surface area contributed by atoms with Gasteiger partial charge in [0.05, 0.1) is 5.56 Å². The van der Waals surface area contributed by atoms with Crippen LogP contribution < -0.4 is 5.32 Å². The minimum absolute atomic E-state index is 0.0161. The van der Waals surface area contributed by atoms with Gasteiger partial charge in [0, 0.05) is 26.3 Å². The van der Waals surface area contributed by atoms with Gasteiger partial charge in [0.25, 0.3) is 5.91 Å². The highest BCUT2D eigenvalue weighted by molar-refractivity contribution is 5.98. The minimum atomic E-state index is -0.0161. The first-order valence-corrected chi connectivity index (χ1v) is 7.40. The number of nitrogens with one attached hydrogen (secondary N) is 1. The van der Waals surface area contributed by atoms with E-state index in [4.69, 9.17) is 0 Å². The normalized spacial score (nSPS) is 10.6. The van der Waals surface area contributed by atoms with Gasteiger partial charge in [-0.25, -0.2) is 4.98 Å². The maximum atomic E-state index is 12.6. The number of anilines is 1. The predicted octanol–water partition coefficient (Wildman–Crippen LogP) is 3.30. The lowest BCUT2D eigenvalue weighted by atomic mass is 10.2. The van der Waals surface area contributed by atoms with Crippen molar-refractivity contribution < 1.29 is 4.79 Å². The van der Waals surface area contributed by atoms with E-state index in [1.807, 2.05) is 49.4 Å². The van der Waals surface area contributed by atoms with Crippen LogP contribution in [0.2, 0.25) is 0 Å². The second-order valence-electron chi connectivity index (χ2n) is 4.81. The summed E-state index contributed by atoms with van der Waals surface area (Å²) < 4.78 is 0. The van der Waals surface area contributed by atoms with Crippen molar-refractivity contribution in [3.63, 3.8) is 0 Å². The third-order valence-corrected chi connectivity index (χ3v) is 3.38. The third-order valence-electron chi connectivity index (χ3n) is 3.38. The van der Waals surface area contributed by atoms with E-state index >= 15 is 0 Å². The van der Waals surface area contributed by atoms with Crippen molar-refractivity contribution in [2.24, 2.45) is 0 Å². The van der Waals surface area contributed by atoms with Gasteiger partial charge in [0.15, 0.2) is 0 Å². The van der Waals surface area contributed by atoms with Crippen molar-refractivity contribution in [3.05, 3.63) is 65.9 Å². The van der Waals surface area contributed by atoms with E-state index < -0.39 is 0 Å². The van der Waals surface area contributed by atoms with Crippen LogP contribution in [0.25, 0.3) is 6.08 Å². The zero-order valence-corrected chi connectivity index (χ0v) is 13.0. The van der Waals surface area contributed by atoms with Crippen LogP contribution in [0, 0.1) is 0 Å². The number of benzene rings is 1. The van der Waals surface area contributed by atoms with Crippen molar-refractivity contribution in [2.75, 3.05) is 25.5 Å². The Hall–Kier alpha value is -2.62. The summed E-state index contributed by atoms with van der Waals surface area (Å²) in [6, 6.07) is 13.6. The molecular weight excluding hydrogens is 274 g/mol. The number of carbonyl (C=O) groups is 1. The second kappa shape index (κ2) is 7.98. The van der Waals surface area contributed by atoms with Crippen molar-refractivity contribution in [2.45, 2.75) is 6.92 Å². The summed E-state index contributed by atoms with van der Waals surface area (Å²) in [7, 11) is 1.77. The van der Waals surface area contributed by atoms with Gasteiger partial charge in [-0.2, -0.15) is 0 Å². The first kappa shape index (κ1) is 15.8. The Balaban J connectivity index is 2.08. The monoisotopic (exact) mass is 295 g/mol. The molecule has 1 amide bonds. The summed E-state index contributed by atoms with van der Waals surface area (Å²) in [5.74, 6) is 0.593. The van der Waals surface area contributed by atoms with E-state index in [0.29, 0.717) is 24.5 Å². The molecule has 0 spiro atoms. The van der Waals surface area contributed by atoms with Gasteiger partial charge in [-0.15, -0.1) is 0 Å². The number of pyridine rings is 1. The average molecular weight is 295 g/mol. The van der Waals surface area contributed by atoms with E-state index in [2.05, 4.69) is 10.3 Å². The number of hydrogen-bond acceptors (Lipinski definition) is 3. The van der Waals surface area contributed by atoms with Crippen molar-refractivity contribution in [1.82, 2.24) is 9.88 Å². The Morgan fingerprint density at radius 2 is 2.00 bits per heavy atom. The molecular formula is C18H21N3O. The van der Waals surface area contributed by atoms with E-state index in [9.17, 15) is 4.79 Å². The van der Waals surface area contributed by atoms with Gasteiger partial charge < -0.3 is 10.2 Å². The van der Waals surface area contributed by atoms with Gasteiger partial charge in [-0.3, -0.25) is 4.79 Å². The fraction of sp³-hybridized carbons (Fsp3) is 0.222. The summed E-state index contributed by atoms with van der Waals surface area (Å²) in [5.41, 5.74) is 1.73. The molecule has 0 aliphatic rings. The van der Waals surface area contributed by atoms with Gasteiger partial charge in [-0.05, 0) is 24.6 Å². The topological polar surface area (TPSA) is 45.2 Å². The highest BCUT2D eigenvalue weighted by Gasteiger charge is 2.16. The lowest BCUT2D eigenvalue weighted by Crippen LogP contribution is -2.31. The largest absolute Gasteiger partial charge is 0.372 e. The average Bonchev–Trinajstić information content (AvgIpc) is 2.59. The Kier molecular flexibility index (Phi) is 5.72. The number of aromatic nitrogens is 1. The third kappa shape index (κ3) is 3.95. The van der Waals surface area contributed by atoms with Crippen molar-refractivity contribution in [3.8, 4) is 0 Å². The zero-order valence-electron chi connectivity index (χ0n) is 13.0. The second-order valence-corrected chi connectivity index (χ2v) is 4.81. The van der Waals surface area contributed by atoms with E-state index in [1.54, 1.807) is 30.3 Å². The molecule has 1 N–H and O–H groups in total. The molecule has 0 atom stereocenters. The van der Waals surface area contributed by atoms with Crippen LogP contribution >= 0.6 is 0 Å². The fourth-order valence-electron chi connectivity index (χ4n) is 2.18. The Morgan fingerprint density at radius 3 is 2.68 bits per heavy atom. The van der Waals surface area contributed by atoms with Crippen LogP contribution in [0.5, 0.6) is 0 Å². The molecule has 2 rings (SSSR count). The van der Waals surface area contributed by atoms with Crippen molar-refractivity contribution in [1.29, 1.82) is 0 Å². The van der Waals surface area contributed by atoms with Crippen molar-refractivity contribution >= 4 is 17.8 Å². The molecule has 22 heavy (non-hydrogen) atoms.